The Morgan fingerprint density at radius 3 is 2.69 bits per heavy atom. The van der Waals surface area contributed by atoms with E-state index in [1.54, 1.807) is 0 Å². The predicted octanol–water partition coefficient (Wildman–Crippen LogP) is 4.49. The minimum absolute atomic E-state index is 0.108. The lowest BCUT2D eigenvalue weighted by Crippen LogP contribution is -2.53. The summed E-state index contributed by atoms with van der Waals surface area (Å²) in [6.45, 7) is 3.15. The molecule has 2 aliphatic rings. The molecule has 2 bridgehead atoms. The van der Waals surface area contributed by atoms with Crippen LogP contribution in [0.25, 0.3) is 10.9 Å². The first-order valence-corrected chi connectivity index (χ1v) is 9.60. The smallest absolute Gasteiger partial charge is 0.124 e. The van der Waals surface area contributed by atoms with Gasteiger partial charge in [0.25, 0.3) is 0 Å². The number of nitrogens with one attached hydrogen (secondary N) is 1. The number of hydrogen-bond donors (Lipinski definition) is 1. The number of carbonyl (C=O) groups is 1. The summed E-state index contributed by atoms with van der Waals surface area (Å²) in [6, 6.07) is 19.9. The van der Waals surface area contributed by atoms with E-state index in [0.717, 1.165) is 19.4 Å². The molecule has 1 aromatic heterocycles. The van der Waals surface area contributed by atoms with E-state index in [-0.39, 0.29) is 12.0 Å². The molecule has 3 heterocycles. The molecule has 1 saturated heterocycles. The SMILES string of the molecule is CC1C[C@H]2c3[nH]c4ccccc4c3C[C@@H]([C@H]1C=O)N2Cc1ccccc1. The summed E-state index contributed by atoms with van der Waals surface area (Å²) in [5, 5.41) is 1.33. The van der Waals surface area contributed by atoms with Gasteiger partial charge >= 0.3 is 0 Å². The Labute approximate surface area is 154 Å². The Morgan fingerprint density at radius 1 is 1.12 bits per heavy atom. The second-order valence-corrected chi connectivity index (χ2v) is 7.93. The molecule has 2 aliphatic heterocycles. The van der Waals surface area contributed by atoms with Crippen LogP contribution in [-0.4, -0.2) is 22.2 Å². The number of H-pyrrole nitrogens is 1. The van der Waals surface area contributed by atoms with Crippen molar-refractivity contribution in [3.8, 4) is 0 Å². The van der Waals surface area contributed by atoms with Gasteiger partial charge in [0.05, 0.1) is 6.04 Å². The average molecular weight is 344 g/mol. The Balaban J connectivity index is 1.62. The zero-order chi connectivity index (χ0) is 17.7. The fourth-order valence-electron chi connectivity index (χ4n) is 5.19. The molecular formula is C23H24N2O. The summed E-state index contributed by atoms with van der Waals surface area (Å²) >= 11 is 0. The number of nitrogens with zero attached hydrogens (tertiary/aromatic N) is 1. The topological polar surface area (TPSA) is 36.1 Å². The maximum Gasteiger partial charge on any atom is 0.124 e. The average Bonchev–Trinajstić information content (AvgIpc) is 3.03. The van der Waals surface area contributed by atoms with Gasteiger partial charge in [-0.2, -0.15) is 0 Å². The highest BCUT2D eigenvalue weighted by molar-refractivity contribution is 5.85. The van der Waals surface area contributed by atoms with Crippen molar-refractivity contribution in [2.45, 2.75) is 38.4 Å². The molecule has 1 unspecified atom stereocenters. The van der Waals surface area contributed by atoms with Crippen LogP contribution in [0, 0.1) is 11.8 Å². The monoisotopic (exact) mass is 344 g/mol. The van der Waals surface area contributed by atoms with E-state index in [0.29, 0.717) is 12.0 Å². The number of carbonyl (C=O) groups excluding carboxylic acids is 1. The van der Waals surface area contributed by atoms with E-state index < -0.39 is 0 Å². The highest BCUT2D eigenvalue weighted by atomic mass is 16.1. The molecule has 0 aliphatic carbocycles. The van der Waals surface area contributed by atoms with E-state index in [4.69, 9.17) is 0 Å². The molecule has 0 radical (unpaired) electrons. The number of hydrogen-bond acceptors (Lipinski definition) is 2. The molecule has 5 rings (SSSR count). The van der Waals surface area contributed by atoms with Crippen LogP contribution in [0.1, 0.15) is 36.2 Å². The first-order valence-electron chi connectivity index (χ1n) is 9.60. The molecule has 0 spiro atoms. The first kappa shape index (κ1) is 15.8. The molecule has 3 aromatic rings. The molecule has 4 atom stereocenters. The second-order valence-electron chi connectivity index (χ2n) is 7.93. The van der Waals surface area contributed by atoms with Crippen LogP contribution in [0.2, 0.25) is 0 Å². The molecule has 2 aromatic carbocycles. The van der Waals surface area contributed by atoms with Crippen molar-refractivity contribution in [1.29, 1.82) is 0 Å². The van der Waals surface area contributed by atoms with Gasteiger partial charge in [-0.15, -0.1) is 0 Å². The van der Waals surface area contributed by atoms with Gasteiger partial charge < -0.3 is 9.78 Å². The lowest BCUT2D eigenvalue weighted by atomic mass is 9.71. The Hall–Kier alpha value is -2.39. The molecular weight excluding hydrogens is 320 g/mol. The molecule has 1 N–H and O–H groups in total. The van der Waals surface area contributed by atoms with E-state index in [9.17, 15) is 4.79 Å². The van der Waals surface area contributed by atoms with Crippen molar-refractivity contribution >= 4 is 17.2 Å². The first-order chi connectivity index (χ1) is 12.8. The van der Waals surface area contributed by atoms with Gasteiger partial charge in [-0.25, -0.2) is 0 Å². The van der Waals surface area contributed by atoms with Crippen LogP contribution in [-0.2, 0) is 17.8 Å². The van der Waals surface area contributed by atoms with Crippen molar-refractivity contribution in [2.75, 3.05) is 0 Å². The summed E-state index contributed by atoms with van der Waals surface area (Å²) in [5.74, 6) is 0.533. The Bertz CT molecular complexity index is 945. The van der Waals surface area contributed by atoms with E-state index in [1.165, 1.54) is 34.0 Å². The molecule has 3 heteroatoms. The van der Waals surface area contributed by atoms with Crippen LogP contribution in [0.3, 0.4) is 0 Å². The third-order valence-corrected chi connectivity index (χ3v) is 6.48. The van der Waals surface area contributed by atoms with E-state index >= 15 is 0 Å². The summed E-state index contributed by atoms with van der Waals surface area (Å²) < 4.78 is 0. The number of aromatic nitrogens is 1. The van der Waals surface area contributed by atoms with Gasteiger partial charge in [0.15, 0.2) is 0 Å². The van der Waals surface area contributed by atoms with E-state index in [1.807, 2.05) is 0 Å². The Kier molecular flexibility index (Phi) is 3.71. The lowest BCUT2D eigenvalue weighted by Gasteiger charge is -2.51. The second kappa shape index (κ2) is 6.10. The number of rotatable bonds is 3. The fourth-order valence-corrected chi connectivity index (χ4v) is 5.19. The predicted molar refractivity (Wildman–Crippen MR) is 104 cm³/mol. The maximum absolute atomic E-state index is 11.9. The maximum atomic E-state index is 11.9. The van der Waals surface area contributed by atoms with Crippen LogP contribution in [0.4, 0.5) is 0 Å². The fraction of sp³-hybridized carbons (Fsp3) is 0.348. The van der Waals surface area contributed by atoms with Crippen molar-refractivity contribution in [2.24, 2.45) is 11.8 Å². The number of piperidine rings is 1. The molecule has 0 amide bonds. The van der Waals surface area contributed by atoms with Gasteiger partial charge in [-0.3, -0.25) is 4.90 Å². The minimum Gasteiger partial charge on any atom is -0.357 e. The number of aromatic amines is 1. The quantitative estimate of drug-likeness (QED) is 0.711. The Morgan fingerprint density at radius 2 is 1.88 bits per heavy atom. The van der Waals surface area contributed by atoms with Crippen molar-refractivity contribution in [3.63, 3.8) is 0 Å². The normalized spacial score (nSPS) is 28.0. The van der Waals surface area contributed by atoms with E-state index in [2.05, 4.69) is 71.4 Å². The highest BCUT2D eigenvalue weighted by Crippen LogP contribution is 2.48. The summed E-state index contributed by atoms with van der Waals surface area (Å²) in [7, 11) is 0. The minimum atomic E-state index is 0.108. The standard InChI is InChI=1S/C23H24N2O/c1-15-11-22-23-18(17-9-5-6-10-20(17)24-23)12-21(19(15)14-26)25(22)13-16-7-3-2-4-8-16/h2-10,14-15,19,21-22,24H,11-13H2,1H3/t15?,19-,21-,22-/m0/s1. The molecule has 3 nitrogen and oxygen atoms in total. The third-order valence-electron chi connectivity index (χ3n) is 6.48. The molecule has 26 heavy (non-hydrogen) atoms. The van der Waals surface area contributed by atoms with Crippen molar-refractivity contribution in [3.05, 3.63) is 71.4 Å². The summed E-state index contributed by atoms with van der Waals surface area (Å²) in [6.07, 6.45) is 3.20. The highest BCUT2D eigenvalue weighted by Gasteiger charge is 2.46. The largest absolute Gasteiger partial charge is 0.357 e. The molecule has 1 fully saturated rings. The van der Waals surface area contributed by atoms with Gasteiger partial charge in [0.2, 0.25) is 0 Å². The van der Waals surface area contributed by atoms with Crippen LogP contribution in [0.5, 0.6) is 0 Å². The summed E-state index contributed by atoms with van der Waals surface area (Å²) in [5.41, 5.74) is 5.34. The van der Waals surface area contributed by atoms with Crippen molar-refractivity contribution < 1.29 is 4.79 Å². The molecule has 132 valence electrons. The van der Waals surface area contributed by atoms with Gasteiger partial charge in [-0.05, 0) is 36.0 Å². The molecule has 0 saturated carbocycles. The summed E-state index contributed by atoms with van der Waals surface area (Å²) in [4.78, 5) is 18.2. The number of aldehydes is 1. The zero-order valence-electron chi connectivity index (χ0n) is 15.1. The van der Waals surface area contributed by atoms with Crippen LogP contribution >= 0.6 is 0 Å². The van der Waals surface area contributed by atoms with Crippen LogP contribution < -0.4 is 0 Å². The van der Waals surface area contributed by atoms with Gasteiger partial charge in [0.1, 0.15) is 6.29 Å². The number of benzene rings is 2. The van der Waals surface area contributed by atoms with Gasteiger partial charge in [-0.1, -0.05) is 55.5 Å². The van der Waals surface area contributed by atoms with Crippen molar-refractivity contribution in [1.82, 2.24) is 9.88 Å². The zero-order valence-corrected chi connectivity index (χ0v) is 15.1. The number of para-hydroxylation sites is 1. The van der Waals surface area contributed by atoms with Gasteiger partial charge in [0, 0.05) is 35.1 Å². The number of fused-ring (bicyclic) bond motifs is 6. The van der Waals surface area contributed by atoms with Crippen LogP contribution in [0.15, 0.2) is 54.6 Å². The third kappa shape index (κ3) is 2.34. The lowest BCUT2D eigenvalue weighted by molar-refractivity contribution is -0.119.